The first-order chi connectivity index (χ1) is 9.93. The van der Waals surface area contributed by atoms with Crippen molar-refractivity contribution in [3.63, 3.8) is 0 Å². The van der Waals surface area contributed by atoms with Crippen LogP contribution in [0.25, 0.3) is 0 Å². The van der Waals surface area contributed by atoms with Gasteiger partial charge in [0.05, 0.1) is 0 Å². The minimum Gasteiger partial charge on any atom is -0.483 e. The maximum atomic E-state index is 11.7. The zero-order valence-corrected chi connectivity index (χ0v) is 14.0. The number of carbonyl (C=O) groups is 1. The van der Waals surface area contributed by atoms with E-state index in [1.807, 2.05) is 19.9 Å². The lowest BCUT2D eigenvalue weighted by Gasteiger charge is -2.18. The molecular formula is C16H25ClN2O2. The van der Waals surface area contributed by atoms with Crippen molar-refractivity contribution < 1.29 is 9.53 Å². The van der Waals surface area contributed by atoms with Crippen molar-refractivity contribution in [3.8, 4) is 5.75 Å². The number of benzene rings is 1. The molecule has 2 N–H and O–H groups in total. The van der Waals surface area contributed by atoms with Gasteiger partial charge in [0.2, 0.25) is 0 Å². The van der Waals surface area contributed by atoms with Gasteiger partial charge in [0.25, 0.3) is 5.91 Å². The molecule has 118 valence electrons. The Morgan fingerprint density at radius 3 is 2.67 bits per heavy atom. The van der Waals surface area contributed by atoms with E-state index in [0.717, 1.165) is 12.1 Å². The maximum absolute atomic E-state index is 11.7. The summed E-state index contributed by atoms with van der Waals surface area (Å²) in [5, 5.41) is 6.81. The average Bonchev–Trinajstić information content (AvgIpc) is 2.43. The molecule has 0 saturated heterocycles. The second-order valence-corrected chi connectivity index (χ2v) is 5.88. The highest BCUT2D eigenvalue weighted by Crippen LogP contribution is 2.28. The number of ether oxygens (including phenoxy) is 1. The lowest BCUT2D eigenvalue weighted by Crippen LogP contribution is -2.32. The van der Waals surface area contributed by atoms with Gasteiger partial charge in [-0.1, -0.05) is 32.4 Å². The van der Waals surface area contributed by atoms with E-state index >= 15 is 0 Å². The van der Waals surface area contributed by atoms with Crippen molar-refractivity contribution in [1.82, 2.24) is 10.6 Å². The minimum atomic E-state index is -0.110. The fourth-order valence-electron chi connectivity index (χ4n) is 1.92. The Bertz CT molecular complexity index is 464. The second kappa shape index (κ2) is 8.90. The Hall–Kier alpha value is -1.26. The molecule has 1 amide bonds. The molecule has 0 aliphatic carbocycles. The number of nitrogens with one attached hydrogen (secondary N) is 2. The van der Waals surface area contributed by atoms with Gasteiger partial charge in [-0.25, -0.2) is 0 Å². The second-order valence-electron chi connectivity index (χ2n) is 5.45. The van der Waals surface area contributed by atoms with Crippen LogP contribution in [0.5, 0.6) is 5.75 Å². The van der Waals surface area contributed by atoms with Crippen molar-refractivity contribution in [2.45, 2.75) is 33.7 Å². The van der Waals surface area contributed by atoms with E-state index in [1.165, 1.54) is 0 Å². The molecule has 0 fully saturated rings. The van der Waals surface area contributed by atoms with Crippen molar-refractivity contribution in [2.24, 2.45) is 5.92 Å². The maximum Gasteiger partial charge on any atom is 0.257 e. The molecule has 1 aromatic carbocycles. The molecule has 0 bridgehead atoms. The summed E-state index contributed by atoms with van der Waals surface area (Å²) in [4.78, 5) is 11.7. The molecule has 21 heavy (non-hydrogen) atoms. The molecular weight excluding hydrogens is 288 g/mol. The number of hydrogen-bond donors (Lipinski definition) is 2. The molecule has 0 aromatic heterocycles. The van der Waals surface area contributed by atoms with Gasteiger partial charge in [-0.3, -0.25) is 4.79 Å². The third kappa shape index (κ3) is 6.36. The van der Waals surface area contributed by atoms with E-state index in [2.05, 4.69) is 24.5 Å². The van der Waals surface area contributed by atoms with Gasteiger partial charge in [0.15, 0.2) is 6.61 Å². The van der Waals surface area contributed by atoms with E-state index in [9.17, 15) is 4.79 Å². The first kappa shape index (κ1) is 17.8. The first-order valence-corrected chi connectivity index (χ1v) is 7.74. The SMILES string of the molecule is CCNC(C)c1cc(Cl)ccc1OCC(=O)NCC(C)C. The summed E-state index contributed by atoms with van der Waals surface area (Å²) < 4.78 is 5.64. The highest BCUT2D eigenvalue weighted by molar-refractivity contribution is 6.30. The van der Waals surface area contributed by atoms with Crippen LogP contribution in [0.3, 0.4) is 0 Å². The van der Waals surface area contributed by atoms with E-state index in [4.69, 9.17) is 16.3 Å². The fraction of sp³-hybridized carbons (Fsp3) is 0.562. The predicted octanol–water partition coefficient (Wildman–Crippen LogP) is 3.16. The Balaban J connectivity index is 2.67. The summed E-state index contributed by atoms with van der Waals surface area (Å²) in [6, 6.07) is 5.56. The molecule has 0 saturated carbocycles. The number of rotatable bonds is 8. The van der Waals surface area contributed by atoms with Crippen LogP contribution < -0.4 is 15.4 Å². The molecule has 1 unspecified atom stereocenters. The van der Waals surface area contributed by atoms with E-state index in [1.54, 1.807) is 12.1 Å². The van der Waals surface area contributed by atoms with Gasteiger partial charge in [-0.15, -0.1) is 0 Å². The first-order valence-electron chi connectivity index (χ1n) is 7.36. The van der Waals surface area contributed by atoms with Gasteiger partial charge in [0.1, 0.15) is 5.75 Å². The summed E-state index contributed by atoms with van der Waals surface area (Å²) in [5.74, 6) is 1.00. The Labute approximate surface area is 132 Å². The highest BCUT2D eigenvalue weighted by Gasteiger charge is 2.13. The molecule has 5 heteroatoms. The smallest absolute Gasteiger partial charge is 0.257 e. The van der Waals surface area contributed by atoms with E-state index < -0.39 is 0 Å². The van der Waals surface area contributed by atoms with Crippen molar-refractivity contribution in [2.75, 3.05) is 19.7 Å². The summed E-state index contributed by atoms with van der Waals surface area (Å²) >= 11 is 6.05. The highest BCUT2D eigenvalue weighted by atomic mass is 35.5. The van der Waals surface area contributed by atoms with Crippen LogP contribution >= 0.6 is 11.6 Å². The van der Waals surface area contributed by atoms with Crippen molar-refractivity contribution >= 4 is 17.5 Å². The number of hydrogen-bond acceptors (Lipinski definition) is 3. The lowest BCUT2D eigenvalue weighted by molar-refractivity contribution is -0.123. The van der Waals surface area contributed by atoms with Crippen LogP contribution in [0, 0.1) is 5.92 Å². The number of carbonyl (C=O) groups excluding carboxylic acids is 1. The van der Waals surface area contributed by atoms with Gasteiger partial charge in [0, 0.05) is 23.2 Å². The van der Waals surface area contributed by atoms with Crippen LogP contribution in [0.1, 0.15) is 39.3 Å². The molecule has 1 atom stereocenters. The zero-order valence-electron chi connectivity index (χ0n) is 13.2. The molecule has 0 heterocycles. The topological polar surface area (TPSA) is 50.4 Å². The van der Waals surface area contributed by atoms with Crippen LogP contribution in [0.4, 0.5) is 0 Å². The van der Waals surface area contributed by atoms with Crippen LogP contribution in [-0.4, -0.2) is 25.6 Å². The van der Waals surface area contributed by atoms with E-state index in [0.29, 0.717) is 23.2 Å². The molecule has 0 aliphatic heterocycles. The van der Waals surface area contributed by atoms with Crippen molar-refractivity contribution in [1.29, 1.82) is 0 Å². The van der Waals surface area contributed by atoms with Crippen LogP contribution in [0.2, 0.25) is 5.02 Å². The standard InChI is InChI=1S/C16H25ClN2O2/c1-5-18-12(4)14-8-13(17)6-7-15(14)21-10-16(20)19-9-11(2)3/h6-8,11-12,18H,5,9-10H2,1-4H3,(H,19,20). The van der Waals surface area contributed by atoms with Crippen LogP contribution in [-0.2, 0) is 4.79 Å². The van der Waals surface area contributed by atoms with Crippen molar-refractivity contribution in [3.05, 3.63) is 28.8 Å². The molecule has 4 nitrogen and oxygen atoms in total. The molecule has 0 radical (unpaired) electrons. The summed E-state index contributed by atoms with van der Waals surface area (Å²) in [7, 11) is 0. The Kier molecular flexibility index (Phi) is 7.54. The molecule has 1 aromatic rings. The largest absolute Gasteiger partial charge is 0.483 e. The third-order valence-corrected chi connectivity index (χ3v) is 3.25. The molecule has 0 aliphatic rings. The number of amides is 1. The van der Waals surface area contributed by atoms with Gasteiger partial charge in [-0.2, -0.15) is 0 Å². The van der Waals surface area contributed by atoms with Gasteiger partial charge < -0.3 is 15.4 Å². The fourth-order valence-corrected chi connectivity index (χ4v) is 2.10. The van der Waals surface area contributed by atoms with Crippen LogP contribution in [0.15, 0.2) is 18.2 Å². The predicted molar refractivity (Wildman–Crippen MR) is 86.9 cm³/mol. The summed E-state index contributed by atoms with van der Waals surface area (Å²) in [5.41, 5.74) is 0.959. The normalized spacial score (nSPS) is 12.3. The summed E-state index contributed by atoms with van der Waals surface area (Å²) in [6.07, 6.45) is 0. The zero-order chi connectivity index (χ0) is 15.8. The lowest BCUT2D eigenvalue weighted by atomic mass is 10.1. The van der Waals surface area contributed by atoms with E-state index in [-0.39, 0.29) is 18.6 Å². The Morgan fingerprint density at radius 2 is 2.05 bits per heavy atom. The minimum absolute atomic E-state index is 0.0141. The molecule has 1 rings (SSSR count). The quantitative estimate of drug-likeness (QED) is 0.775. The summed E-state index contributed by atoms with van der Waals surface area (Å²) in [6.45, 7) is 9.71. The average molecular weight is 313 g/mol. The third-order valence-electron chi connectivity index (χ3n) is 3.01. The Morgan fingerprint density at radius 1 is 1.33 bits per heavy atom. The molecule has 0 spiro atoms. The number of halogens is 1. The van der Waals surface area contributed by atoms with Gasteiger partial charge >= 0.3 is 0 Å². The monoisotopic (exact) mass is 312 g/mol. The van der Waals surface area contributed by atoms with Gasteiger partial charge in [-0.05, 0) is 37.6 Å².